The molecule has 1 aliphatic rings. The first kappa shape index (κ1) is 10.3. The molecule has 1 rings (SSSR count). The number of carbonyl (C=O) groups is 1. The Balaban J connectivity index is 2.23. The third-order valence-corrected chi connectivity index (χ3v) is 2.75. The zero-order chi connectivity index (χ0) is 9.52. The maximum Gasteiger partial charge on any atom is 0.318 e. The van der Waals surface area contributed by atoms with Crippen LogP contribution in [-0.4, -0.2) is 42.1 Å². The predicted octanol–water partition coefficient (Wildman–Crippen LogP) is 0.768. The SMILES string of the molecule is CC#CCNC(=O)N1CCSCC1. The van der Waals surface area contributed by atoms with Crippen LogP contribution in [0.2, 0.25) is 0 Å². The van der Waals surface area contributed by atoms with Gasteiger partial charge in [-0.15, -0.1) is 5.92 Å². The smallest absolute Gasteiger partial charge is 0.318 e. The maximum absolute atomic E-state index is 11.4. The summed E-state index contributed by atoms with van der Waals surface area (Å²) in [6.07, 6.45) is 0. The van der Waals surface area contributed by atoms with E-state index >= 15 is 0 Å². The summed E-state index contributed by atoms with van der Waals surface area (Å²) >= 11 is 1.89. The molecule has 4 heteroatoms. The van der Waals surface area contributed by atoms with Crippen molar-refractivity contribution in [2.45, 2.75) is 6.92 Å². The van der Waals surface area contributed by atoms with Crippen molar-refractivity contribution in [3.05, 3.63) is 0 Å². The normalized spacial score (nSPS) is 15.9. The number of thioether (sulfide) groups is 1. The van der Waals surface area contributed by atoms with Crippen LogP contribution in [0.3, 0.4) is 0 Å². The minimum Gasteiger partial charge on any atom is -0.327 e. The Hall–Kier alpha value is -0.820. The van der Waals surface area contributed by atoms with E-state index in [4.69, 9.17) is 0 Å². The molecule has 1 heterocycles. The highest BCUT2D eigenvalue weighted by molar-refractivity contribution is 7.99. The zero-order valence-electron chi connectivity index (χ0n) is 7.80. The molecule has 72 valence electrons. The lowest BCUT2D eigenvalue weighted by Gasteiger charge is -2.26. The molecule has 3 nitrogen and oxygen atoms in total. The number of rotatable bonds is 1. The van der Waals surface area contributed by atoms with Crippen molar-refractivity contribution in [3.8, 4) is 11.8 Å². The van der Waals surface area contributed by atoms with Crippen molar-refractivity contribution in [3.63, 3.8) is 0 Å². The Labute approximate surface area is 83.2 Å². The number of carbonyl (C=O) groups excluding carboxylic acids is 1. The molecule has 1 aliphatic heterocycles. The van der Waals surface area contributed by atoms with Gasteiger partial charge in [-0.1, -0.05) is 5.92 Å². The van der Waals surface area contributed by atoms with Crippen molar-refractivity contribution >= 4 is 17.8 Å². The first-order valence-electron chi connectivity index (χ1n) is 4.34. The van der Waals surface area contributed by atoms with Crippen molar-refractivity contribution in [1.82, 2.24) is 10.2 Å². The number of hydrogen-bond donors (Lipinski definition) is 1. The Morgan fingerprint density at radius 1 is 1.54 bits per heavy atom. The van der Waals surface area contributed by atoms with E-state index < -0.39 is 0 Å². The fourth-order valence-corrected chi connectivity index (χ4v) is 1.99. The molecule has 0 aromatic carbocycles. The molecule has 0 saturated carbocycles. The van der Waals surface area contributed by atoms with Crippen LogP contribution in [-0.2, 0) is 0 Å². The van der Waals surface area contributed by atoms with Gasteiger partial charge < -0.3 is 10.2 Å². The van der Waals surface area contributed by atoms with Gasteiger partial charge in [0.2, 0.25) is 0 Å². The zero-order valence-corrected chi connectivity index (χ0v) is 8.62. The first-order valence-corrected chi connectivity index (χ1v) is 5.50. The van der Waals surface area contributed by atoms with E-state index in [9.17, 15) is 4.79 Å². The minimum absolute atomic E-state index is 0.0167. The van der Waals surface area contributed by atoms with Crippen molar-refractivity contribution in [2.24, 2.45) is 0 Å². The fraction of sp³-hybridized carbons (Fsp3) is 0.667. The lowest BCUT2D eigenvalue weighted by molar-refractivity contribution is 0.204. The van der Waals surface area contributed by atoms with Crippen LogP contribution in [0.1, 0.15) is 6.92 Å². The number of nitrogens with one attached hydrogen (secondary N) is 1. The second-order valence-electron chi connectivity index (χ2n) is 2.68. The van der Waals surface area contributed by atoms with Crippen molar-refractivity contribution in [1.29, 1.82) is 0 Å². The maximum atomic E-state index is 11.4. The molecule has 1 fully saturated rings. The second-order valence-corrected chi connectivity index (χ2v) is 3.91. The van der Waals surface area contributed by atoms with Crippen LogP contribution >= 0.6 is 11.8 Å². The Morgan fingerprint density at radius 3 is 2.85 bits per heavy atom. The fourth-order valence-electron chi connectivity index (χ4n) is 1.09. The van der Waals surface area contributed by atoms with E-state index in [1.165, 1.54) is 0 Å². The summed E-state index contributed by atoms with van der Waals surface area (Å²) in [5.74, 6) is 7.64. The molecule has 0 aromatic rings. The van der Waals surface area contributed by atoms with Gasteiger partial charge in [0.25, 0.3) is 0 Å². The minimum atomic E-state index is 0.0167. The molecule has 2 amide bonds. The van der Waals surface area contributed by atoms with Crippen LogP contribution in [0.15, 0.2) is 0 Å². The van der Waals surface area contributed by atoms with Gasteiger partial charge >= 0.3 is 6.03 Å². The summed E-state index contributed by atoms with van der Waals surface area (Å²) in [7, 11) is 0. The van der Waals surface area contributed by atoms with Gasteiger partial charge in [-0.2, -0.15) is 11.8 Å². The summed E-state index contributed by atoms with van der Waals surface area (Å²) < 4.78 is 0. The van der Waals surface area contributed by atoms with Gasteiger partial charge in [0.15, 0.2) is 0 Å². The Bertz CT molecular complexity index is 226. The average molecular weight is 198 g/mol. The predicted molar refractivity (Wildman–Crippen MR) is 55.7 cm³/mol. The third-order valence-electron chi connectivity index (χ3n) is 1.80. The van der Waals surface area contributed by atoms with E-state index in [-0.39, 0.29) is 6.03 Å². The highest BCUT2D eigenvalue weighted by atomic mass is 32.2. The molecule has 1 saturated heterocycles. The monoisotopic (exact) mass is 198 g/mol. The average Bonchev–Trinajstić information content (AvgIpc) is 2.19. The summed E-state index contributed by atoms with van der Waals surface area (Å²) in [6, 6.07) is 0.0167. The highest BCUT2D eigenvalue weighted by Gasteiger charge is 2.15. The summed E-state index contributed by atoms with van der Waals surface area (Å²) in [5.41, 5.74) is 0. The number of urea groups is 1. The topological polar surface area (TPSA) is 32.3 Å². The molecule has 0 aliphatic carbocycles. The molecular formula is C9H14N2OS. The quantitative estimate of drug-likeness (QED) is 0.631. The third kappa shape index (κ3) is 3.60. The van der Waals surface area contributed by atoms with Crippen LogP contribution in [0.5, 0.6) is 0 Å². The first-order chi connectivity index (χ1) is 6.34. The molecule has 0 bridgehead atoms. The molecule has 0 atom stereocenters. The van der Waals surface area contributed by atoms with E-state index in [1.54, 1.807) is 6.92 Å². The number of amides is 2. The molecule has 0 aromatic heterocycles. The van der Waals surface area contributed by atoms with E-state index in [0.29, 0.717) is 6.54 Å². The van der Waals surface area contributed by atoms with E-state index in [2.05, 4.69) is 17.2 Å². The van der Waals surface area contributed by atoms with Crippen LogP contribution in [0, 0.1) is 11.8 Å². The number of nitrogens with zero attached hydrogens (tertiary/aromatic N) is 1. The van der Waals surface area contributed by atoms with Gasteiger partial charge in [-0.25, -0.2) is 4.79 Å². The molecular weight excluding hydrogens is 184 g/mol. The summed E-state index contributed by atoms with van der Waals surface area (Å²) in [5, 5.41) is 2.76. The Morgan fingerprint density at radius 2 is 2.23 bits per heavy atom. The summed E-state index contributed by atoms with van der Waals surface area (Å²) in [6.45, 7) is 3.94. The Kier molecular flexibility index (Phi) is 4.55. The largest absolute Gasteiger partial charge is 0.327 e. The molecule has 0 spiro atoms. The van der Waals surface area contributed by atoms with Crippen LogP contribution in [0.4, 0.5) is 4.79 Å². The molecule has 0 unspecified atom stereocenters. The van der Waals surface area contributed by atoms with Crippen molar-refractivity contribution in [2.75, 3.05) is 31.1 Å². The van der Waals surface area contributed by atoms with Gasteiger partial charge in [0.1, 0.15) is 0 Å². The van der Waals surface area contributed by atoms with Gasteiger partial charge in [0, 0.05) is 24.6 Å². The standard InChI is InChI=1S/C9H14N2OS/c1-2-3-4-10-9(12)11-5-7-13-8-6-11/h4-8H2,1H3,(H,10,12). The van der Waals surface area contributed by atoms with E-state index in [0.717, 1.165) is 24.6 Å². The van der Waals surface area contributed by atoms with Gasteiger partial charge in [-0.3, -0.25) is 0 Å². The molecule has 0 radical (unpaired) electrons. The molecule has 13 heavy (non-hydrogen) atoms. The van der Waals surface area contributed by atoms with Gasteiger partial charge in [-0.05, 0) is 6.92 Å². The van der Waals surface area contributed by atoms with Crippen LogP contribution in [0.25, 0.3) is 0 Å². The molecule has 1 N–H and O–H groups in total. The number of hydrogen-bond acceptors (Lipinski definition) is 2. The van der Waals surface area contributed by atoms with Crippen LogP contribution < -0.4 is 5.32 Å². The van der Waals surface area contributed by atoms with Crippen molar-refractivity contribution < 1.29 is 4.79 Å². The second kappa shape index (κ2) is 5.76. The summed E-state index contributed by atoms with van der Waals surface area (Å²) in [4.78, 5) is 13.3. The lowest BCUT2D eigenvalue weighted by Crippen LogP contribution is -2.44. The highest BCUT2D eigenvalue weighted by Crippen LogP contribution is 2.08. The van der Waals surface area contributed by atoms with Gasteiger partial charge in [0.05, 0.1) is 6.54 Å². The lowest BCUT2D eigenvalue weighted by atomic mass is 10.5. The van der Waals surface area contributed by atoms with E-state index in [1.807, 2.05) is 16.7 Å².